The third-order valence-corrected chi connectivity index (χ3v) is 1.81. The molecule has 0 radical (unpaired) electrons. The second kappa shape index (κ2) is 4.56. The van der Waals surface area contributed by atoms with E-state index in [1.165, 1.54) is 19.1 Å². The number of esters is 1. The lowest BCUT2D eigenvalue weighted by Crippen LogP contribution is -2.09. The van der Waals surface area contributed by atoms with Crippen LogP contribution in [0.25, 0.3) is 0 Å². The van der Waals surface area contributed by atoms with E-state index in [-0.39, 0.29) is 0 Å². The first-order chi connectivity index (χ1) is 7.04. The van der Waals surface area contributed by atoms with Gasteiger partial charge in [0, 0.05) is 18.2 Å². The monoisotopic (exact) mass is 207 g/mol. The first-order valence-corrected chi connectivity index (χ1v) is 4.31. The van der Waals surface area contributed by atoms with Crippen molar-refractivity contribution in [3.8, 4) is 12.3 Å². The lowest BCUT2D eigenvalue weighted by molar-refractivity contribution is -0.144. The van der Waals surface area contributed by atoms with E-state index in [4.69, 9.17) is 11.2 Å². The molecule has 4 heteroatoms. The molecule has 0 saturated carbocycles. The molecule has 0 aromatic carbocycles. The molecular weight excluding hydrogens is 197 g/mol. The van der Waals surface area contributed by atoms with Crippen LogP contribution in [0.1, 0.15) is 24.3 Å². The van der Waals surface area contributed by atoms with Crippen LogP contribution in [0.5, 0.6) is 0 Å². The van der Waals surface area contributed by atoms with Crippen LogP contribution in [0.4, 0.5) is 4.39 Å². The van der Waals surface area contributed by atoms with Gasteiger partial charge in [0.05, 0.1) is 0 Å². The van der Waals surface area contributed by atoms with Crippen LogP contribution in [0, 0.1) is 25.2 Å². The van der Waals surface area contributed by atoms with Crippen molar-refractivity contribution in [3.05, 3.63) is 29.3 Å². The van der Waals surface area contributed by atoms with Gasteiger partial charge in [-0.25, -0.2) is 4.98 Å². The predicted molar refractivity (Wildman–Crippen MR) is 52.3 cm³/mol. The summed E-state index contributed by atoms with van der Waals surface area (Å²) in [7, 11) is 0. The average molecular weight is 207 g/mol. The molecule has 1 rings (SSSR count). The lowest BCUT2D eigenvalue weighted by atomic mass is 10.1. The molecular formula is C11H10FNO2. The van der Waals surface area contributed by atoms with E-state index in [9.17, 15) is 9.18 Å². The summed E-state index contributed by atoms with van der Waals surface area (Å²) in [4.78, 5) is 14.3. The highest BCUT2D eigenvalue weighted by atomic mass is 19.1. The number of ether oxygens (including phenoxy) is 1. The van der Waals surface area contributed by atoms with Gasteiger partial charge >= 0.3 is 5.97 Å². The number of aromatic nitrogens is 1. The summed E-state index contributed by atoms with van der Waals surface area (Å²) < 4.78 is 17.6. The van der Waals surface area contributed by atoms with E-state index in [2.05, 4.69) is 10.9 Å². The molecule has 0 spiro atoms. The van der Waals surface area contributed by atoms with Gasteiger partial charge in [-0.05, 0) is 19.1 Å². The molecule has 0 bridgehead atoms. The molecule has 1 heterocycles. The Balaban J connectivity index is 3.03. The maximum Gasteiger partial charge on any atom is 0.304 e. The molecule has 0 aliphatic carbocycles. The lowest BCUT2D eigenvalue weighted by Gasteiger charge is -2.12. The molecule has 0 fully saturated rings. The van der Waals surface area contributed by atoms with Crippen molar-refractivity contribution >= 4 is 5.97 Å². The molecule has 1 aromatic heterocycles. The summed E-state index contributed by atoms with van der Waals surface area (Å²) in [6.45, 7) is 2.86. The Hall–Kier alpha value is -1.89. The molecule has 0 aliphatic rings. The number of hydrogen-bond acceptors (Lipinski definition) is 3. The minimum absolute atomic E-state index is 0.416. The molecule has 1 aromatic rings. The van der Waals surface area contributed by atoms with Crippen molar-refractivity contribution in [1.29, 1.82) is 0 Å². The van der Waals surface area contributed by atoms with Crippen molar-refractivity contribution in [2.45, 2.75) is 20.0 Å². The van der Waals surface area contributed by atoms with Gasteiger partial charge in [-0.1, -0.05) is 5.92 Å². The highest BCUT2D eigenvalue weighted by Gasteiger charge is 2.15. The number of halogens is 1. The van der Waals surface area contributed by atoms with Crippen LogP contribution in [-0.4, -0.2) is 11.0 Å². The Morgan fingerprint density at radius 2 is 2.33 bits per heavy atom. The summed E-state index contributed by atoms with van der Waals surface area (Å²) in [6.07, 6.45) is 4.40. The van der Waals surface area contributed by atoms with Crippen LogP contribution < -0.4 is 0 Å². The van der Waals surface area contributed by atoms with Gasteiger partial charge < -0.3 is 4.74 Å². The summed E-state index contributed by atoms with van der Waals surface area (Å²) in [5.41, 5.74) is 0.938. The van der Waals surface area contributed by atoms with Gasteiger partial charge in [0.15, 0.2) is 6.10 Å². The number of rotatable bonds is 2. The van der Waals surface area contributed by atoms with E-state index in [0.29, 0.717) is 11.3 Å². The second-order valence-corrected chi connectivity index (χ2v) is 2.96. The highest BCUT2D eigenvalue weighted by Crippen LogP contribution is 2.19. The number of nitrogens with zero attached hydrogens (tertiary/aromatic N) is 1. The topological polar surface area (TPSA) is 39.2 Å². The largest absolute Gasteiger partial charge is 0.444 e. The first kappa shape index (κ1) is 11.2. The predicted octanol–water partition coefficient (Wildman–Crippen LogP) is 1.77. The summed E-state index contributed by atoms with van der Waals surface area (Å²) in [6, 6.07) is 2.64. The normalized spacial score (nSPS) is 11.6. The van der Waals surface area contributed by atoms with E-state index in [0.717, 1.165) is 0 Å². The average Bonchev–Trinajstić information content (AvgIpc) is 2.14. The highest BCUT2D eigenvalue weighted by molar-refractivity contribution is 5.66. The SMILES string of the molecule is C#CC(OC(C)=O)c1ccc(F)nc1C. The van der Waals surface area contributed by atoms with Crippen LogP contribution >= 0.6 is 0 Å². The van der Waals surface area contributed by atoms with Crippen LogP contribution in [0.3, 0.4) is 0 Å². The van der Waals surface area contributed by atoms with Crippen LogP contribution in [-0.2, 0) is 9.53 Å². The smallest absolute Gasteiger partial charge is 0.304 e. The Morgan fingerprint density at radius 1 is 1.67 bits per heavy atom. The minimum atomic E-state index is -0.810. The maximum absolute atomic E-state index is 12.7. The van der Waals surface area contributed by atoms with E-state index < -0.39 is 18.0 Å². The molecule has 0 N–H and O–H groups in total. The molecule has 0 saturated heterocycles. The molecule has 15 heavy (non-hydrogen) atoms. The number of carbonyl (C=O) groups is 1. The molecule has 1 unspecified atom stereocenters. The number of aryl methyl sites for hydroxylation is 1. The summed E-state index contributed by atoms with van der Waals surface area (Å²) >= 11 is 0. The fourth-order valence-electron chi connectivity index (χ4n) is 1.17. The Labute approximate surface area is 87.3 Å². The Bertz CT molecular complexity index is 423. The van der Waals surface area contributed by atoms with E-state index >= 15 is 0 Å². The van der Waals surface area contributed by atoms with E-state index in [1.54, 1.807) is 6.92 Å². The first-order valence-electron chi connectivity index (χ1n) is 4.31. The Kier molecular flexibility index (Phi) is 3.40. The number of terminal acetylenes is 1. The van der Waals surface area contributed by atoms with Gasteiger partial charge in [-0.15, -0.1) is 6.42 Å². The van der Waals surface area contributed by atoms with Crippen molar-refractivity contribution in [2.75, 3.05) is 0 Å². The summed E-state index contributed by atoms with van der Waals surface area (Å²) in [5.74, 6) is 1.23. The fourth-order valence-corrected chi connectivity index (χ4v) is 1.17. The third kappa shape index (κ3) is 2.78. The zero-order valence-corrected chi connectivity index (χ0v) is 8.45. The second-order valence-electron chi connectivity index (χ2n) is 2.96. The van der Waals surface area contributed by atoms with Crippen LogP contribution in [0.15, 0.2) is 12.1 Å². The third-order valence-electron chi connectivity index (χ3n) is 1.81. The van der Waals surface area contributed by atoms with Gasteiger partial charge in [-0.2, -0.15) is 4.39 Å². The van der Waals surface area contributed by atoms with Crippen LogP contribution in [0.2, 0.25) is 0 Å². The fraction of sp³-hybridized carbons (Fsp3) is 0.273. The number of hydrogen-bond donors (Lipinski definition) is 0. The number of carbonyl (C=O) groups excluding carboxylic acids is 1. The number of pyridine rings is 1. The zero-order valence-electron chi connectivity index (χ0n) is 8.45. The molecule has 3 nitrogen and oxygen atoms in total. The maximum atomic E-state index is 12.7. The van der Waals surface area contributed by atoms with E-state index in [1.807, 2.05) is 0 Å². The molecule has 0 aliphatic heterocycles. The Morgan fingerprint density at radius 3 is 2.80 bits per heavy atom. The molecule has 0 amide bonds. The minimum Gasteiger partial charge on any atom is -0.444 e. The quantitative estimate of drug-likeness (QED) is 0.421. The zero-order chi connectivity index (χ0) is 11.4. The molecule has 1 atom stereocenters. The standard InChI is InChI=1S/C11H10FNO2/c1-4-10(15-8(3)14)9-5-6-11(12)13-7(9)2/h1,5-6,10H,2-3H3. The van der Waals surface area contributed by atoms with Crippen molar-refractivity contribution in [3.63, 3.8) is 0 Å². The van der Waals surface area contributed by atoms with Gasteiger partial charge in [-0.3, -0.25) is 4.79 Å². The van der Waals surface area contributed by atoms with Crippen molar-refractivity contribution in [2.24, 2.45) is 0 Å². The van der Waals surface area contributed by atoms with Crippen molar-refractivity contribution in [1.82, 2.24) is 4.98 Å². The van der Waals surface area contributed by atoms with Gasteiger partial charge in [0.25, 0.3) is 0 Å². The van der Waals surface area contributed by atoms with Gasteiger partial charge in [0.1, 0.15) is 0 Å². The van der Waals surface area contributed by atoms with Crippen molar-refractivity contribution < 1.29 is 13.9 Å². The molecule has 78 valence electrons. The van der Waals surface area contributed by atoms with Gasteiger partial charge in [0.2, 0.25) is 5.95 Å². The summed E-state index contributed by atoms with van der Waals surface area (Å²) in [5, 5.41) is 0.